The molecule has 0 saturated carbocycles. The van der Waals surface area contributed by atoms with Gasteiger partial charge in [0.1, 0.15) is 43.2 Å². The topological polar surface area (TPSA) is 216 Å². The number of unbranched alkanes of at least 4 members (excludes halogenated alkanes) is 7. The monoisotopic (exact) mass is 526 g/mol. The van der Waals surface area contributed by atoms with Crippen molar-refractivity contribution in [1.82, 2.24) is 0 Å². The molecule has 36 heavy (non-hydrogen) atoms. The fourth-order valence-electron chi connectivity index (χ4n) is 4.41. The molecule has 13 nitrogen and oxygen atoms in total. The molecule has 0 aromatic heterocycles. The molecule has 0 bridgehead atoms. The SMILES string of the molecule is CCCCCCCCCCC(=O)O[C@@]1(OC2(CO)O[C@H](CO)[C@@H](O)[C@@H]2O)O[C@H](CO)[C@@H](O)[C@H](O)[C@H]1O. The molecule has 2 aliphatic heterocycles. The lowest BCUT2D eigenvalue weighted by molar-refractivity contribution is -0.498. The summed E-state index contributed by atoms with van der Waals surface area (Å²) in [5, 5.41) is 80.8. The van der Waals surface area contributed by atoms with Crippen molar-refractivity contribution in [2.45, 2.75) is 119 Å². The number of hydrogen-bond acceptors (Lipinski definition) is 13. The van der Waals surface area contributed by atoms with E-state index in [0.717, 1.165) is 38.5 Å². The Hall–Kier alpha value is -0.970. The van der Waals surface area contributed by atoms with Gasteiger partial charge in [-0.2, -0.15) is 0 Å². The number of carbonyl (C=O) groups excluding carboxylic acids is 1. The van der Waals surface area contributed by atoms with Gasteiger partial charge in [0.15, 0.2) is 6.10 Å². The van der Waals surface area contributed by atoms with Crippen molar-refractivity contribution in [1.29, 1.82) is 0 Å². The molecule has 8 N–H and O–H groups in total. The first-order valence-electron chi connectivity index (χ1n) is 12.6. The van der Waals surface area contributed by atoms with Gasteiger partial charge in [0.25, 0.3) is 0 Å². The van der Waals surface area contributed by atoms with Crippen LogP contribution in [0.5, 0.6) is 0 Å². The molecule has 1 unspecified atom stereocenters. The van der Waals surface area contributed by atoms with Crippen LogP contribution >= 0.6 is 0 Å². The van der Waals surface area contributed by atoms with Crippen LogP contribution in [0.25, 0.3) is 0 Å². The van der Waals surface area contributed by atoms with E-state index in [1.807, 2.05) is 0 Å². The lowest BCUT2D eigenvalue weighted by Gasteiger charge is -2.49. The highest BCUT2D eigenvalue weighted by Crippen LogP contribution is 2.41. The van der Waals surface area contributed by atoms with E-state index in [1.165, 1.54) is 6.42 Å². The number of aliphatic hydroxyl groups excluding tert-OH is 8. The Balaban J connectivity index is 2.16. The molecule has 2 rings (SSSR count). The van der Waals surface area contributed by atoms with Gasteiger partial charge in [-0.25, -0.2) is 0 Å². The summed E-state index contributed by atoms with van der Waals surface area (Å²) >= 11 is 0. The molecule has 0 aromatic rings. The van der Waals surface area contributed by atoms with Crippen LogP contribution in [0.4, 0.5) is 0 Å². The average molecular weight is 527 g/mol. The maximum Gasteiger partial charge on any atom is 0.362 e. The molecule has 2 fully saturated rings. The molecule has 2 saturated heterocycles. The van der Waals surface area contributed by atoms with Crippen LogP contribution in [-0.4, -0.2) is 121 Å². The summed E-state index contributed by atoms with van der Waals surface area (Å²) in [4.78, 5) is 12.7. The zero-order valence-corrected chi connectivity index (χ0v) is 20.6. The minimum atomic E-state index is -2.95. The first-order valence-corrected chi connectivity index (χ1v) is 12.6. The maximum absolute atomic E-state index is 12.7. The lowest BCUT2D eigenvalue weighted by Crippen LogP contribution is -2.70. The molecule has 0 aromatic carbocycles. The fraction of sp³-hybridized carbons (Fsp3) is 0.957. The molecule has 0 spiro atoms. The Bertz CT molecular complexity index is 664. The van der Waals surface area contributed by atoms with Crippen molar-refractivity contribution in [2.75, 3.05) is 19.8 Å². The van der Waals surface area contributed by atoms with E-state index in [2.05, 4.69) is 6.92 Å². The minimum Gasteiger partial charge on any atom is -0.405 e. The second-order valence-corrected chi connectivity index (χ2v) is 9.41. The van der Waals surface area contributed by atoms with Crippen LogP contribution in [0.2, 0.25) is 0 Å². The Kier molecular flexibility index (Phi) is 12.4. The summed E-state index contributed by atoms with van der Waals surface area (Å²) in [5.41, 5.74) is 0. The van der Waals surface area contributed by atoms with Crippen LogP contribution in [-0.2, 0) is 23.7 Å². The summed E-state index contributed by atoms with van der Waals surface area (Å²) in [6.45, 7) is -0.689. The first kappa shape index (κ1) is 31.2. The van der Waals surface area contributed by atoms with Crippen molar-refractivity contribution in [3.05, 3.63) is 0 Å². The van der Waals surface area contributed by atoms with Crippen LogP contribution in [0, 0.1) is 0 Å². The molecule has 9 atom stereocenters. The third-order valence-electron chi connectivity index (χ3n) is 6.62. The highest BCUT2D eigenvalue weighted by Gasteiger charge is 2.65. The highest BCUT2D eigenvalue weighted by molar-refractivity contribution is 5.69. The number of carbonyl (C=O) groups is 1. The molecule has 13 heteroatoms. The smallest absolute Gasteiger partial charge is 0.362 e. The number of hydrogen-bond donors (Lipinski definition) is 8. The van der Waals surface area contributed by atoms with Crippen molar-refractivity contribution in [2.24, 2.45) is 0 Å². The standard InChI is InChI=1S/C23H42O13/c1-2-3-4-5-6-7-8-9-10-16(27)35-23(21(32)19(30)17(28)14(11-24)34-23)36-22(13-26)20(31)18(29)15(12-25)33-22/h14-15,17-21,24-26,28-32H,2-13H2,1H3/t14-,15-,17-,18-,19+,20+,21-,22?,23+/m1/s1. The molecule has 0 amide bonds. The summed E-state index contributed by atoms with van der Waals surface area (Å²) in [6.07, 6.45) is -5.35. The van der Waals surface area contributed by atoms with E-state index in [9.17, 15) is 45.6 Å². The van der Waals surface area contributed by atoms with E-state index in [-0.39, 0.29) is 6.42 Å². The van der Waals surface area contributed by atoms with Gasteiger partial charge in [-0.1, -0.05) is 51.9 Å². The van der Waals surface area contributed by atoms with Crippen molar-refractivity contribution >= 4 is 5.97 Å². The number of ether oxygens (including phenoxy) is 4. The molecule has 0 radical (unpaired) electrons. The van der Waals surface area contributed by atoms with E-state index in [4.69, 9.17) is 18.9 Å². The van der Waals surface area contributed by atoms with Gasteiger partial charge in [-0.15, -0.1) is 0 Å². The predicted octanol–water partition coefficient (Wildman–Crippen LogP) is -1.99. The Labute approximate surface area is 210 Å². The predicted molar refractivity (Wildman–Crippen MR) is 121 cm³/mol. The quantitative estimate of drug-likeness (QED) is 0.0659. The van der Waals surface area contributed by atoms with Gasteiger partial charge in [0, 0.05) is 6.42 Å². The minimum absolute atomic E-state index is 0.129. The van der Waals surface area contributed by atoms with Crippen molar-refractivity contribution < 1.29 is 64.6 Å². The molecular formula is C23H42O13. The van der Waals surface area contributed by atoms with Gasteiger partial charge in [0.05, 0.1) is 13.2 Å². The summed E-state index contributed by atoms with van der Waals surface area (Å²) < 4.78 is 21.5. The number of esters is 1. The second kappa shape index (κ2) is 14.3. The van der Waals surface area contributed by atoms with E-state index in [0.29, 0.717) is 6.42 Å². The lowest BCUT2D eigenvalue weighted by atomic mass is 9.97. The van der Waals surface area contributed by atoms with Gasteiger partial charge in [0.2, 0.25) is 5.79 Å². The van der Waals surface area contributed by atoms with E-state index < -0.39 is 80.3 Å². The summed E-state index contributed by atoms with van der Waals surface area (Å²) in [7, 11) is 0. The molecule has 2 aliphatic rings. The normalized spacial score (nSPS) is 38.9. The number of rotatable bonds is 15. The van der Waals surface area contributed by atoms with Crippen molar-refractivity contribution in [3.8, 4) is 0 Å². The fourth-order valence-corrected chi connectivity index (χ4v) is 4.41. The Morgan fingerprint density at radius 1 is 0.750 bits per heavy atom. The summed E-state index contributed by atoms with van der Waals surface area (Å²) in [5.74, 6) is -6.44. The van der Waals surface area contributed by atoms with Crippen molar-refractivity contribution in [3.63, 3.8) is 0 Å². The van der Waals surface area contributed by atoms with Gasteiger partial charge in [-0.05, 0) is 6.42 Å². The molecular weight excluding hydrogens is 484 g/mol. The van der Waals surface area contributed by atoms with Crippen LogP contribution in [0.15, 0.2) is 0 Å². The van der Waals surface area contributed by atoms with Gasteiger partial charge >= 0.3 is 11.9 Å². The third kappa shape index (κ3) is 7.11. The van der Waals surface area contributed by atoms with Crippen LogP contribution in [0.1, 0.15) is 64.7 Å². The van der Waals surface area contributed by atoms with Gasteiger partial charge in [-0.3, -0.25) is 9.53 Å². The third-order valence-corrected chi connectivity index (χ3v) is 6.62. The summed E-state index contributed by atoms with van der Waals surface area (Å²) in [6, 6.07) is 0. The molecule has 0 aliphatic carbocycles. The average Bonchev–Trinajstić information content (AvgIpc) is 3.11. The largest absolute Gasteiger partial charge is 0.405 e. The Morgan fingerprint density at radius 3 is 1.83 bits per heavy atom. The van der Waals surface area contributed by atoms with Crippen LogP contribution in [0.3, 0.4) is 0 Å². The number of aliphatic hydroxyl groups is 8. The van der Waals surface area contributed by atoms with Crippen LogP contribution < -0.4 is 0 Å². The van der Waals surface area contributed by atoms with Gasteiger partial charge < -0.3 is 55.1 Å². The highest BCUT2D eigenvalue weighted by atomic mass is 16.9. The molecule has 212 valence electrons. The zero-order chi connectivity index (χ0) is 26.9. The maximum atomic E-state index is 12.7. The Morgan fingerprint density at radius 2 is 1.31 bits per heavy atom. The second-order valence-electron chi connectivity index (χ2n) is 9.41. The molecule has 2 heterocycles. The van der Waals surface area contributed by atoms with E-state index >= 15 is 0 Å². The zero-order valence-electron chi connectivity index (χ0n) is 20.6. The van der Waals surface area contributed by atoms with E-state index in [1.54, 1.807) is 0 Å². The first-order chi connectivity index (χ1) is 17.1.